The molecule has 1 saturated carbocycles. The summed E-state index contributed by atoms with van der Waals surface area (Å²) in [5, 5.41) is 7.90. The van der Waals surface area contributed by atoms with Gasteiger partial charge in [-0.15, -0.1) is 11.3 Å². The van der Waals surface area contributed by atoms with Gasteiger partial charge in [-0.25, -0.2) is 13.1 Å². The van der Waals surface area contributed by atoms with Gasteiger partial charge < -0.3 is 9.05 Å². The van der Waals surface area contributed by atoms with Crippen LogP contribution in [0, 0.1) is 13.8 Å². The highest BCUT2D eigenvalue weighted by atomic mass is 32.2. The summed E-state index contributed by atoms with van der Waals surface area (Å²) in [6.07, 6.45) is 4.94. The summed E-state index contributed by atoms with van der Waals surface area (Å²) in [6, 6.07) is 3.37. The number of rotatable bonds is 7. The maximum atomic E-state index is 12.6. The smallest absolute Gasteiger partial charge is 0.250 e. The van der Waals surface area contributed by atoms with Crippen molar-refractivity contribution in [2.75, 3.05) is 6.54 Å². The Balaban J connectivity index is 1.38. The highest BCUT2D eigenvalue weighted by Crippen LogP contribution is 2.35. The molecule has 10 heteroatoms. The molecular formula is C18H22N4O4S2. The summed E-state index contributed by atoms with van der Waals surface area (Å²) >= 11 is 1.19. The van der Waals surface area contributed by atoms with Crippen LogP contribution in [-0.4, -0.2) is 30.3 Å². The molecule has 0 radical (unpaired) electrons. The number of nitrogens with one attached hydrogen (secondary N) is 1. The van der Waals surface area contributed by atoms with E-state index in [0.717, 1.165) is 29.0 Å². The molecule has 0 amide bonds. The lowest BCUT2D eigenvalue weighted by molar-refractivity contribution is 0.350. The minimum Gasteiger partial charge on any atom is -0.361 e. The van der Waals surface area contributed by atoms with E-state index in [4.69, 9.17) is 9.05 Å². The van der Waals surface area contributed by atoms with E-state index in [-0.39, 0.29) is 10.8 Å². The Bertz CT molecular complexity index is 1040. The Morgan fingerprint density at radius 3 is 2.68 bits per heavy atom. The number of nitrogens with zero attached hydrogens (tertiary/aromatic N) is 3. The Hall–Kier alpha value is -2.04. The molecular weight excluding hydrogens is 400 g/mol. The zero-order chi connectivity index (χ0) is 19.7. The van der Waals surface area contributed by atoms with Crippen molar-refractivity contribution in [3.8, 4) is 10.4 Å². The monoisotopic (exact) mass is 422 g/mol. The first-order chi connectivity index (χ1) is 13.4. The van der Waals surface area contributed by atoms with Crippen molar-refractivity contribution in [3.05, 3.63) is 35.3 Å². The predicted molar refractivity (Wildman–Crippen MR) is 104 cm³/mol. The van der Waals surface area contributed by atoms with Crippen LogP contribution in [0.1, 0.15) is 54.8 Å². The molecule has 1 aliphatic rings. The van der Waals surface area contributed by atoms with Crippen molar-refractivity contribution >= 4 is 21.4 Å². The summed E-state index contributed by atoms with van der Waals surface area (Å²) in [5.41, 5.74) is 1.59. The molecule has 0 unspecified atom stereocenters. The van der Waals surface area contributed by atoms with Crippen LogP contribution < -0.4 is 4.72 Å². The topological polar surface area (TPSA) is 111 Å². The second-order valence-electron chi connectivity index (χ2n) is 7.00. The van der Waals surface area contributed by atoms with Gasteiger partial charge in [-0.1, -0.05) is 23.2 Å². The van der Waals surface area contributed by atoms with Crippen LogP contribution >= 0.6 is 11.3 Å². The van der Waals surface area contributed by atoms with Crippen molar-refractivity contribution in [3.63, 3.8) is 0 Å². The van der Waals surface area contributed by atoms with Gasteiger partial charge in [-0.3, -0.25) is 0 Å². The van der Waals surface area contributed by atoms with Crippen molar-refractivity contribution in [2.24, 2.45) is 0 Å². The third-order valence-electron chi connectivity index (χ3n) is 4.95. The van der Waals surface area contributed by atoms with Gasteiger partial charge in [0.05, 0.1) is 11.3 Å². The largest absolute Gasteiger partial charge is 0.361 e. The van der Waals surface area contributed by atoms with E-state index >= 15 is 0 Å². The molecule has 1 N–H and O–H groups in total. The van der Waals surface area contributed by atoms with Gasteiger partial charge in [0.15, 0.2) is 5.82 Å². The molecule has 3 heterocycles. The Morgan fingerprint density at radius 1 is 1.18 bits per heavy atom. The van der Waals surface area contributed by atoms with Gasteiger partial charge in [0, 0.05) is 23.8 Å². The summed E-state index contributed by atoms with van der Waals surface area (Å²) in [5.74, 6) is 2.24. The highest BCUT2D eigenvalue weighted by Gasteiger charge is 2.23. The Labute approximate surface area is 167 Å². The quantitative estimate of drug-likeness (QED) is 0.619. The molecule has 0 atom stereocenters. The normalized spacial score (nSPS) is 15.5. The number of aromatic nitrogens is 3. The highest BCUT2D eigenvalue weighted by molar-refractivity contribution is 7.91. The second-order valence-corrected chi connectivity index (χ2v) is 10.1. The standard InChI is InChI=1S/C18H22N4O4S2/c1-11-17(12(2)25-21-11)14-7-8-16(27-14)28(23,24)19-10-9-15-20-18(26-22-15)13-5-3-4-6-13/h7-8,13,19H,3-6,9-10H2,1-2H3. The molecule has 150 valence electrons. The molecule has 1 fully saturated rings. The van der Waals surface area contributed by atoms with Gasteiger partial charge in [0.1, 0.15) is 9.97 Å². The van der Waals surface area contributed by atoms with E-state index < -0.39 is 10.0 Å². The van der Waals surface area contributed by atoms with Crippen LogP contribution in [0.3, 0.4) is 0 Å². The Morgan fingerprint density at radius 2 is 1.96 bits per heavy atom. The molecule has 3 aromatic heterocycles. The average Bonchev–Trinajstić information content (AvgIpc) is 3.42. The average molecular weight is 423 g/mol. The predicted octanol–water partition coefficient (Wildman–Crippen LogP) is 3.58. The first-order valence-electron chi connectivity index (χ1n) is 9.29. The van der Waals surface area contributed by atoms with Gasteiger partial charge in [0.25, 0.3) is 0 Å². The van der Waals surface area contributed by atoms with Crippen LogP contribution in [0.5, 0.6) is 0 Å². The van der Waals surface area contributed by atoms with Gasteiger partial charge in [0.2, 0.25) is 15.9 Å². The fraction of sp³-hybridized carbons (Fsp3) is 0.500. The Kier molecular flexibility index (Phi) is 5.35. The van der Waals surface area contributed by atoms with Gasteiger partial charge in [-0.2, -0.15) is 4.98 Å². The fourth-order valence-electron chi connectivity index (χ4n) is 3.51. The van der Waals surface area contributed by atoms with Crippen molar-refractivity contribution in [1.29, 1.82) is 0 Å². The minimum absolute atomic E-state index is 0.213. The molecule has 4 rings (SSSR count). The summed E-state index contributed by atoms with van der Waals surface area (Å²) < 4.78 is 38.5. The van der Waals surface area contributed by atoms with Crippen LogP contribution in [0.25, 0.3) is 10.4 Å². The maximum Gasteiger partial charge on any atom is 0.250 e. The number of thiophene rings is 1. The van der Waals surface area contributed by atoms with Crippen molar-refractivity contribution in [1.82, 2.24) is 20.0 Å². The number of aryl methyl sites for hydroxylation is 2. The lowest BCUT2D eigenvalue weighted by Crippen LogP contribution is -2.25. The molecule has 0 bridgehead atoms. The van der Waals surface area contributed by atoms with E-state index in [2.05, 4.69) is 20.0 Å². The third kappa shape index (κ3) is 3.89. The van der Waals surface area contributed by atoms with Crippen LogP contribution in [-0.2, 0) is 16.4 Å². The minimum atomic E-state index is -3.60. The third-order valence-corrected chi connectivity index (χ3v) is 8.01. The van der Waals surface area contributed by atoms with Crippen LogP contribution in [0.4, 0.5) is 0 Å². The summed E-state index contributed by atoms with van der Waals surface area (Å²) in [7, 11) is -3.60. The van der Waals surface area contributed by atoms with Crippen LogP contribution in [0.15, 0.2) is 25.4 Å². The molecule has 3 aromatic rings. The number of hydrogen-bond acceptors (Lipinski definition) is 8. The van der Waals surface area contributed by atoms with E-state index in [1.165, 1.54) is 24.2 Å². The summed E-state index contributed by atoms with van der Waals surface area (Å²) in [6.45, 7) is 3.86. The van der Waals surface area contributed by atoms with E-state index in [0.29, 0.717) is 29.8 Å². The SMILES string of the molecule is Cc1noc(C)c1-c1ccc(S(=O)(=O)NCCc2noc(C3CCCC3)n2)s1. The van der Waals surface area contributed by atoms with Crippen molar-refractivity contribution in [2.45, 2.75) is 56.1 Å². The molecule has 0 saturated heterocycles. The molecule has 0 aliphatic heterocycles. The molecule has 8 nitrogen and oxygen atoms in total. The second kappa shape index (κ2) is 7.76. The van der Waals surface area contributed by atoms with Gasteiger partial charge in [-0.05, 0) is 38.8 Å². The fourth-order valence-corrected chi connectivity index (χ4v) is 6.04. The molecule has 1 aliphatic carbocycles. The van der Waals surface area contributed by atoms with E-state index in [9.17, 15) is 8.42 Å². The van der Waals surface area contributed by atoms with Crippen LogP contribution in [0.2, 0.25) is 0 Å². The lowest BCUT2D eigenvalue weighted by Gasteiger charge is -2.03. The van der Waals surface area contributed by atoms with Gasteiger partial charge >= 0.3 is 0 Å². The maximum absolute atomic E-state index is 12.6. The number of sulfonamides is 1. The molecule has 28 heavy (non-hydrogen) atoms. The number of hydrogen-bond donors (Lipinski definition) is 1. The molecule has 0 aromatic carbocycles. The van der Waals surface area contributed by atoms with Crippen molar-refractivity contribution < 1.29 is 17.5 Å². The first kappa shape index (κ1) is 19.3. The molecule has 0 spiro atoms. The lowest BCUT2D eigenvalue weighted by atomic mass is 10.1. The van der Waals surface area contributed by atoms with E-state index in [1.807, 2.05) is 13.8 Å². The zero-order valence-corrected chi connectivity index (χ0v) is 17.4. The first-order valence-corrected chi connectivity index (χ1v) is 11.6. The zero-order valence-electron chi connectivity index (χ0n) is 15.8. The summed E-state index contributed by atoms with van der Waals surface area (Å²) in [4.78, 5) is 5.23. The van der Waals surface area contributed by atoms with E-state index in [1.54, 1.807) is 12.1 Å².